The predicted molar refractivity (Wildman–Crippen MR) is 133 cm³/mol. The summed E-state index contributed by atoms with van der Waals surface area (Å²) in [6.07, 6.45) is 3.61. The molecule has 3 aromatic heterocycles. The second-order valence-electron chi connectivity index (χ2n) is 8.83. The second kappa shape index (κ2) is 9.45. The van der Waals surface area contributed by atoms with Crippen LogP contribution in [0.2, 0.25) is 0 Å². The van der Waals surface area contributed by atoms with E-state index in [2.05, 4.69) is 34.5 Å². The molecular formula is C26H27N5O2S. The van der Waals surface area contributed by atoms with Crippen LogP contribution in [0.4, 0.5) is 5.82 Å². The Morgan fingerprint density at radius 3 is 2.74 bits per heavy atom. The van der Waals surface area contributed by atoms with Crippen LogP contribution in [0.1, 0.15) is 46.3 Å². The van der Waals surface area contributed by atoms with Gasteiger partial charge in [-0.3, -0.25) is 9.69 Å². The lowest BCUT2D eigenvalue weighted by atomic mass is 9.97. The topological polar surface area (TPSA) is 87.1 Å². The number of likely N-dealkylation sites (tertiary alicyclic amines) is 1. The Kier molecular flexibility index (Phi) is 6.22. The summed E-state index contributed by atoms with van der Waals surface area (Å²) in [6, 6.07) is 14.3. The molecule has 0 saturated carbocycles. The van der Waals surface area contributed by atoms with E-state index in [0.717, 1.165) is 48.5 Å². The lowest BCUT2D eigenvalue weighted by Gasteiger charge is -2.30. The molecule has 1 aliphatic heterocycles. The van der Waals surface area contributed by atoms with Crippen molar-refractivity contribution in [3.63, 3.8) is 0 Å². The van der Waals surface area contributed by atoms with Crippen molar-refractivity contribution < 1.29 is 9.21 Å². The van der Waals surface area contributed by atoms with Gasteiger partial charge in [0.1, 0.15) is 17.6 Å². The van der Waals surface area contributed by atoms with Crippen molar-refractivity contribution in [2.45, 2.75) is 39.2 Å². The molecule has 0 bridgehead atoms. The van der Waals surface area contributed by atoms with Crippen LogP contribution in [0.15, 0.2) is 47.1 Å². The normalized spacial score (nSPS) is 15.0. The number of hydrogen-bond acceptors (Lipinski definition) is 6. The molecule has 0 spiro atoms. The quantitative estimate of drug-likeness (QED) is 0.424. The van der Waals surface area contributed by atoms with Crippen molar-refractivity contribution in [1.29, 1.82) is 5.26 Å². The SMILES string of the molecule is Cc1c(C#N)c(NC(=O)CN2CCC(c3nc4ccccc4s3)CC2)n(Cc2ccco2)c1C. The van der Waals surface area contributed by atoms with E-state index in [1.165, 1.54) is 9.71 Å². The van der Waals surface area contributed by atoms with Gasteiger partial charge in [0, 0.05) is 11.6 Å². The van der Waals surface area contributed by atoms with Crippen LogP contribution in [0, 0.1) is 25.2 Å². The molecule has 34 heavy (non-hydrogen) atoms. The zero-order chi connectivity index (χ0) is 23.7. The monoisotopic (exact) mass is 473 g/mol. The van der Waals surface area contributed by atoms with Crippen molar-refractivity contribution in [3.05, 3.63) is 70.3 Å². The highest BCUT2D eigenvalue weighted by molar-refractivity contribution is 7.18. The van der Waals surface area contributed by atoms with E-state index in [0.29, 0.717) is 30.4 Å². The third kappa shape index (κ3) is 4.37. The van der Waals surface area contributed by atoms with Gasteiger partial charge in [0.05, 0.1) is 40.1 Å². The minimum Gasteiger partial charge on any atom is -0.467 e. The minimum absolute atomic E-state index is 0.104. The summed E-state index contributed by atoms with van der Waals surface area (Å²) in [7, 11) is 0. The molecule has 1 fully saturated rings. The fourth-order valence-electron chi connectivity index (χ4n) is 4.66. The summed E-state index contributed by atoms with van der Waals surface area (Å²) in [5, 5.41) is 14.0. The Labute approximate surface area is 202 Å². The first kappa shape index (κ1) is 22.4. The zero-order valence-corrected chi connectivity index (χ0v) is 20.2. The summed E-state index contributed by atoms with van der Waals surface area (Å²) in [5.41, 5.74) is 3.40. The number of thiazole rings is 1. The Hall–Kier alpha value is -3.41. The molecule has 4 heterocycles. The molecule has 4 aromatic rings. The first-order valence-corrected chi connectivity index (χ1v) is 12.3. The van der Waals surface area contributed by atoms with Crippen LogP contribution in [0.3, 0.4) is 0 Å². The Bertz CT molecular complexity index is 1320. The number of amides is 1. The molecule has 0 atom stereocenters. The van der Waals surface area contributed by atoms with Crippen LogP contribution in [0.25, 0.3) is 10.2 Å². The average Bonchev–Trinajstić information content (AvgIpc) is 3.56. The molecular weight excluding hydrogens is 446 g/mol. The molecule has 0 aliphatic carbocycles. The predicted octanol–water partition coefficient (Wildman–Crippen LogP) is 5.05. The second-order valence-corrected chi connectivity index (χ2v) is 9.89. The van der Waals surface area contributed by atoms with Gasteiger partial charge in [0.15, 0.2) is 0 Å². The summed E-state index contributed by atoms with van der Waals surface area (Å²) < 4.78 is 8.67. The van der Waals surface area contributed by atoms with Gasteiger partial charge in [0.25, 0.3) is 0 Å². The van der Waals surface area contributed by atoms with Gasteiger partial charge >= 0.3 is 0 Å². The highest BCUT2D eigenvalue weighted by Crippen LogP contribution is 2.34. The van der Waals surface area contributed by atoms with Crippen LogP contribution in [-0.4, -0.2) is 40.0 Å². The first-order chi connectivity index (χ1) is 16.5. The fourth-order valence-corrected chi connectivity index (χ4v) is 5.80. The molecule has 1 aliphatic rings. The van der Waals surface area contributed by atoms with E-state index < -0.39 is 0 Å². The van der Waals surface area contributed by atoms with Gasteiger partial charge in [-0.2, -0.15) is 5.26 Å². The number of furan rings is 1. The largest absolute Gasteiger partial charge is 0.467 e. The standard InChI is InChI=1S/C26H27N5O2S/c1-17-18(2)31(15-20-6-5-13-33-20)25(21(17)14-27)29-24(32)16-30-11-9-19(10-12-30)26-28-22-7-3-4-8-23(22)34-26/h3-8,13,19H,9-12,15-16H2,1-2H3,(H,29,32). The van der Waals surface area contributed by atoms with Crippen molar-refractivity contribution in [1.82, 2.24) is 14.5 Å². The number of anilines is 1. The summed E-state index contributed by atoms with van der Waals surface area (Å²) >= 11 is 1.78. The third-order valence-electron chi connectivity index (χ3n) is 6.71. The molecule has 174 valence electrons. The van der Waals surface area contributed by atoms with Gasteiger partial charge in [-0.15, -0.1) is 11.3 Å². The average molecular weight is 474 g/mol. The molecule has 5 rings (SSSR count). The van der Waals surface area contributed by atoms with Gasteiger partial charge < -0.3 is 14.3 Å². The van der Waals surface area contributed by atoms with Gasteiger partial charge in [-0.1, -0.05) is 12.1 Å². The van der Waals surface area contributed by atoms with Crippen LogP contribution >= 0.6 is 11.3 Å². The van der Waals surface area contributed by atoms with Crippen molar-refractivity contribution in [3.8, 4) is 6.07 Å². The number of aromatic nitrogens is 2. The number of fused-ring (bicyclic) bond motifs is 1. The van der Waals surface area contributed by atoms with Gasteiger partial charge in [0.2, 0.25) is 5.91 Å². The van der Waals surface area contributed by atoms with Gasteiger partial charge in [-0.25, -0.2) is 4.98 Å². The van der Waals surface area contributed by atoms with E-state index in [1.54, 1.807) is 17.6 Å². The maximum absolute atomic E-state index is 13.0. The number of carbonyl (C=O) groups is 1. The molecule has 0 unspecified atom stereocenters. The highest BCUT2D eigenvalue weighted by Gasteiger charge is 2.26. The van der Waals surface area contributed by atoms with E-state index in [1.807, 2.05) is 36.6 Å². The van der Waals surface area contributed by atoms with Crippen LogP contribution < -0.4 is 5.32 Å². The Morgan fingerprint density at radius 2 is 2.03 bits per heavy atom. The molecule has 7 nitrogen and oxygen atoms in total. The summed E-state index contributed by atoms with van der Waals surface area (Å²) in [4.78, 5) is 20.0. The molecule has 1 amide bonds. The molecule has 1 aromatic carbocycles. The number of piperidine rings is 1. The number of para-hydroxylation sites is 1. The lowest BCUT2D eigenvalue weighted by molar-refractivity contribution is -0.117. The number of benzene rings is 1. The lowest BCUT2D eigenvalue weighted by Crippen LogP contribution is -2.39. The van der Waals surface area contributed by atoms with Crippen molar-refractivity contribution in [2.24, 2.45) is 0 Å². The first-order valence-electron chi connectivity index (χ1n) is 11.5. The number of nitriles is 1. The number of hydrogen-bond donors (Lipinski definition) is 1. The summed E-state index contributed by atoms with van der Waals surface area (Å²) in [6.45, 7) is 6.34. The highest BCUT2D eigenvalue weighted by atomic mass is 32.1. The Morgan fingerprint density at radius 1 is 1.24 bits per heavy atom. The van der Waals surface area contributed by atoms with Crippen molar-refractivity contribution in [2.75, 3.05) is 25.0 Å². The molecule has 8 heteroatoms. The minimum atomic E-state index is -0.104. The van der Waals surface area contributed by atoms with E-state index >= 15 is 0 Å². The smallest absolute Gasteiger partial charge is 0.239 e. The van der Waals surface area contributed by atoms with E-state index in [9.17, 15) is 10.1 Å². The number of nitrogens with one attached hydrogen (secondary N) is 1. The van der Waals surface area contributed by atoms with E-state index in [4.69, 9.17) is 9.40 Å². The van der Waals surface area contributed by atoms with Crippen molar-refractivity contribution >= 4 is 33.3 Å². The third-order valence-corrected chi connectivity index (χ3v) is 7.91. The zero-order valence-electron chi connectivity index (χ0n) is 19.4. The number of nitrogens with zero attached hydrogens (tertiary/aromatic N) is 4. The molecule has 1 saturated heterocycles. The van der Waals surface area contributed by atoms with E-state index in [-0.39, 0.29) is 5.91 Å². The summed E-state index contributed by atoms with van der Waals surface area (Å²) in [5.74, 6) is 1.66. The Balaban J connectivity index is 1.23. The fraction of sp³-hybridized carbons (Fsp3) is 0.346. The maximum atomic E-state index is 13.0. The number of rotatable bonds is 6. The maximum Gasteiger partial charge on any atom is 0.239 e. The van der Waals surface area contributed by atoms with Crippen LogP contribution in [-0.2, 0) is 11.3 Å². The van der Waals surface area contributed by atoms with Gasteiger partial charge in [-0.05, 0) is 69.6 Å². The number of carbonyl (C=O) groups excluding carboxylic acids is 1. The molecule has 1 N–H and O–H groups in total. The van der Waals surface area contributed by atoms with Crippen LogP contribution in [0.5, 0.6) is 0 Å². The molecule has 0 radical (unpaired) electrons.